The zero-order valence-electron chi connectivity index (χ0n) is 12.5. The minimum atomic E-state index is -2.38. The summed E-state index contributed by atoms with van der Waals surface area (Å²) in [6.45, 7) is 1.73. The molecule has 0 fully saturated rings. The lowest BCUT2D eigenvalue weighted by molar-refractivity contribution is 0.0526. The van der Waals surface area contributed by atoms with Gasteiger partial charge in [0.1, 0.15) is 11.3 Å². The van der Waals surface area contributed by atoms with E-state index in [1.54, 1.807) is 6.92 Å². The standard InChI is InChI=1S/C16H9F5O4/c1-2-24-15(22)7-3-5-8(6-4-7)25-16(23)9-10(17)12(19)14(21)13(20)11(9)18/h3-6H,2H2,1H3. The van der Waals surface area contributed by atoms with E-state index in [0.29, 0.717) is 0 Å². The number of benzene rings is 2. The van der Waals surface area contributed by atoms with E-state index in [0.717, 1.165) is 12.1 Å². The van der Waals surface area contributed by atoms with Crippen LogP contribution < -0.4 is 4.74 Å². The topological polar surface area (TPSA) is 52.6 Å². The molecule has 0 amide bonds. The number of rotatable bonds is 4. The van der Waals surface area contributed by atoms with Crippen molar-refractivity contribution in [1.82, 2.24) is 0 Å². The van der Waals surface area contributed by atoms with E-state index in [1.165, 1.54) is 12.1 Å². The summed E-state index contributed by atoms with van der Waals surface area (Å²) in [5.74, 6) is -14.2. The molecular weight excluding hydrogens is 351 g/mol. The van der Waals surface area contributed by atoms with Gasteiger partial charge in [0, 0.05) is 0 Å². The monoisotopic (exact) mass is 360 g/mol. The Morgan fingerprint density at radius 1 is 0.800 bits per heavy atom. The Morgan fingerprint density at radius 3 is 1.76 bits per heavy atom. The van der Waals surface area contributed by atoms with Gasteiger partial charge in [-0.15, -0.1) is 0 Å². The summed E-state index contributed by atoms with van der Waals surface area (Å²) < 4.78 is 75.5. The van der Waals surface area contributed by atoms with Crippen LogP contribution in [0, 0.1) is 29.1 Å². The Morgan fingerprint density at radius 2 is 1.28 bits per heavy atom. The molecule has 0 N–H and O–H groups in total. The average Bonchev–Trinajstić information content (AvgIpc) is 2.59. The summed E-state index contributed by atoms with van der Waals surface area (Å²) in [5.41, 5.74) is -1.61. The van der Waals surface area contributed by atoms with E-state index >= 15 is 0 Å². The predicted octanol–water partition coefficient (Wildman–Crippen LogP) is 3.78. The van der Waals surface area contributed by atoms with Crippen molar-refractivity contribution in [3.05, 3.63) is 64.5 Å². The molecule has 0 spiro atoms. The fourth-order valence-electron chi connectivity index (χ4n) is 1.82. The normalized spacial score (nSPS) is 10.5. The maximum absolute atomic E-state index is 13.5. The van der Waals surface area contributed by atoms with Crippen LogP contribution in [0.25, 0.3) is 0 Å². The first kappa shape index (κ1) is 18.4. The van der Waals surface area contributed by atoms with Gasteiger partial charge in [-0.05, 0) is 31.2 Å². The molecule has 0 aliphatic carbocycles. The van der Waals surface area contributed by atoms with Gasteiger partial charge < -0.3 is 9.47 Å². The van der Waals surface area contributed by atoms with Crippen LogP contribution in [-0.4, -0.2) is 18.5 Å². The Bertz CT molecular complexity index is 804. The Balaban J connectivity index is 2.28. The van der Waals surface area contributed by atoms with Gasteiger partial charge in [0.25, 0.3) is 0 Å². The molecule has 2 aromatic rings. The smallest absolute Gasteiger partial charge is 0.349 e. The largest absolute Gasteiger partial charge is 0.462 e. The van der Waals surface area contributed by atoms with Gasteiger partial charge in [-0.25, -0.2) is 31.5 Å². The van der Waals surface area contributed by atoms with Gasteiger partial charge in [0.2, 0.25) is 5.82 Å². The van der Waals surface area contributed by atoms with Crippen molar-refractivity contribution >= 4 is 11.9 Å². The third-order valence-electron chi connectivity index (χ3n) is 2.99. The van der Waals surface area contributed by atoms with E-state index in [2.05, 4.69) is 4.74 Å². The summed E-state index contributed by atoms with van der Waals surface area (Å²) in [7, 11) is 0. The SMILES string of the molecule is CCOC(=O)c1ccc(OC(=O)c2c(F)c(F)c(F)c(F)c2F)cc1. The van der Waals surface area contributed by atoms with Crippen LogP contribution in [0.2, 0.25) is 0 Å². The highest BCUT2D eigenvalue weighted by Crippen LogP contribution is 2.24. The first-order valence-electron chi connectivity index (χ1n) is 6.78. The molecule has 9 heteroatoms. The van der Waals surface area contributed by atoms with Crippen LogP contribution >= 0.6 is 0 Å². The fourth-order valence-corrected chi connectivity index (χ4v) is 1.82. The molecule has 132 valence electrons. The summed E-state index contributed by atoms with van der Waals surface area (Å²) in [5, 5.41) is 0. The first-order chi connectivity index (χ1) is 11.8. The zero-order valence-corrected chi connectivity index (χ0v) is 12.5. The molecule has 0 bridgehead atoms. The van der Waals surface area contributed by atoms with Gasteiger partial charge in [-0.1, -0.05) is 0 Å². The van der Waals surface area contributed by atoms with Crippen molar-refractivity contribution < 1.29 is 41.0 Å². The quantitative estimate of drug-likeness (QED) is 0.274. The second-order valence-corrected chi connectivity index (χ2v) is 4.58. The van der Waals surface area contributed by atoms with Crippen molar-refractivity contribution in [3.8, 4) is 5.75 Å². The van der Waals surface area contributed by atoms with Crippen molar-refractivity contribution in [1.29, 1.82) is 0 Å². The molecule has 0 unspecified atom stereocenters. The third-order valence-corrected chi connectivity index (χ3v) is 2.99. The fraction of sp³-hybridized carbons (Fsp3) is 0.125. The summed E-state index contributed by atoms with van der Waals surface area (Å²) in [6, 6.07) is 4.57. The second-order valence-electron chi connectivity index (χ2n) is 4.58. The molecule has 0 saturated heterocycles. The van der Waals surface area contributed by atoms with Crippen molar-refractivity contribution in [2.45, 2.75) is 6.92 Å². The van der Waals surface area contributed by atoms with Crippen LogP contribution in [0.3, 0.4) is 0 Å². The van der Waals surface area contributed by atoms with Gasteiger partial charge in [0.15, 0.2) is 23.3 Å². The predicted molar refractivity (Wildman–Crippen MR) is 73.6 cm³/mol. The lowest BCUT2D eigenvalue weighted by Crippen LogP contribution is -2.17. The highest BCUT2D eigenvalue weighted by molar-refractivity contribution is 5.92. The molecule has 0 heterocycles. The minimum Gasteiger partial charge on any atom is -0.462 e. The molecule has 2 rings (SSSR count). The van der Waals surface area contributed by atoms with Gasteiger partial charge in [0.05, 0.1) is 12.2 Å². The van der Waals surface area contributed by atoms with Crippen LogP contribution in [-0.2, 0) is 4.74 Å². The Labute approximate surface area is 137 Å². The summed E-state index contributed by atoms with van der Waals surface area (Å²) in [6.07, 6.45) is 0. The summed E-state index contributed by atoms with van der Waals surface area (Å²) >= 11 is 0. The van der Waals surface area contributed by atoms with E-state index in [-0.39, 0.29) is 17.9 Å². The lowest BCUT2D eigenvalue weighted by Gasteiger charge is -2.09. The molecule has 0 atom stereocenters. The lowest BCUT2D eigenvalue weighted by atomic mass is 10.1. The van der Waals surface area contributed by atoms with Gasteiger partial charge >= 0.3 is 11.9 Å². The Kier molecular flexibility index (Phi) is 5.35. The third kappa shape index (κ3) is 3.59. The number of esters is 2. The Hall–Kier alpha value is -2.97. The molecule has 0 saturated carbocycles. The zero-order chi connectivity index (χ0) is 18.7. The van der Waals surface area contributed by atoms with E-state index < -0.39 is 46.6 Å². The molecule has 0 aliphatic rings. The number of ether oxygens (including phenoxy) is 2. The molecule has 4 nitrogen and oxygen atoms in total. The van der Waals surface area contributed by atoms with Crippen LogP contribution in [0.15, 0.2) is 24.3 Å². The van der Waals surface area contributed by atoms with E-state index in [9.17, 15) is 31.5 Å². The first-order valence-corrected chi connectivity index (χ1v) is 6.78. The average molecular weight is 360 g/mol. The number of carbonyl (C=O) groups is 2. The number of hydrogen-bond acceptors (Lipinski definition) is 4. The minimum absolute atomic E-state index is 0.109. The second kappa shape index (κ2) is 7.29. The van der Waals surface area contributed by atoms with E-state index in [1.807, 2.05) is 0 Å². The maximum Gasteiger partial charge on any atom is 0.349 e. The molecule has 0 aromatic heterocycles. The highest BCUT2D eigenvalue weighted by atomic mass is 19.2. The van der Waals surface area contributed by atoms with E-state index in [4.69, 9.17) is 4.74 Å². The van der Waals surface area contributed by atoms with Crippen LogP contribution in [0.5, 0.6) is 5.75 Å². The van der Waals surface area contributed by atoms with Crippen LogP contribution in [0.4, 0.5) is 22.0 Å². The van der Waals surface area contributed by atoms with Gasteiger partial charge in [-0.3, -0.25) is 0 Å². The van der Waals surface area contributed by atoms with Crippen molar-refractivity contribution in [2.75, 3.05) is 6.61 Å². The summed E-state index contributed by atoms with van der Waals surface area (Å²) in [4.78, 5) is 23.2. The molecule has 0 aliphatic heterocycles. The number of hydrogen-bond donors (Lipinski definition) is 0. The molecule has 25 heavy (non-hydrogen) atoms. The van der Waals surface area contributed by atoms with Crippen molar-refractivity contribution in [2.24, 2.45) is 0 Å². The van der Waals surface area contributed by atoms with Crippen molar-refractivity contribution in [3.63, 3.8) is 0 Å². The van der Waals surface area contributed by atoms with Crippen LogP contribution in [0.1, 0.15) is 27.6 Å². The number of carbonyl (C=O) groups excluding carboxylic acids is 2. The highest BCUT2D eigenvalue weighted by Gasteiger charge is 2.31. The van der Waals surface area contributed by atoms with Gasteiger partial charge in [-0.2, -0.15) is 0 Å². The molecular formula is C16H9F5O4. The molecule has 2 aromatic carbocycles. The molecule has 0 radical (unpaired) electrons. The maximum atomic E-state index is 13.5. The number of halogens is 5.